The van der Waals surface area contributed by atoms with Crippen LogP contribution in [-0.4, -0.2) is 71.6 Å². The minimum Gasteiger partial charge on any atom is -0.194 e. The van der Waals surface area contributed by atoms with Crippen molar-refractivity contribution in [3.8, 4) is 0 Å². The summed E-state index contributed by atoms with van der Waals surface area (Å²) in [6, 6.07) is 3.90. The van der Waals surface area contributed by atoms with E-state index in [2.05, 4.69) is 0 Å². The third-order valence-electron chi connectivity index (χ3n) is 9.42. The van der Waals surface area contributed by atoms with Gasteiger partial charge in [0.15, 0.2) is 0 Å². The van der Waals surface area contributed by atoms with E-state index in [4.69, 9.17) is 0 Å². The van der Waals surface area contributed by atoms with Crippen molar-refractivity contribution in [2.45, 2.75) is 83.4 Å². The molecule has 3 aliphatic rings. The first-order valence-electron chi connectivity index (χ1n) is 14.3. The summed E-state index contributed by atoms with van der Waals surface area (Å²) in [5.74, 6) is -88.4. The fraction of sp³-hybridized carbons (Fsp3) is 0.467. The Morgan fingerprint density at radius 2 is 0.518 bits per heavy atom. The maximum Gasteiger partial charge on any atom is 0.460 e. The van der Waals surface area contributed by atoms with E-state index in [9.17, 15) is 79.0 Å². The zero-order chi connectivity index (χ0) is 43.4. The summed E-state index contributed by atoms with van der Waals surface area (Å²) in [5.41, 5.74) is -15.3. The smallest absolute Gasteiger partial charge is 0.194 e. The van der Waals surface area contributed by atoms with Crippen LogP contribution in [0.25, 0.3) is 11.1 Å². The number of hydrogen-bond donors (Lipinski definition) is 0. The van der Waals surface area contributed by atoms with E-state index in [1.165, 1.54) is 0 Å². The molecule has 0 N–H and O–H groups in total. The molecule has 312 valence electrons. The number of halogens is 26. The molecule has 0 saturated heterocycles. The summed E-state index contributed by atoms with van der Waals surface area (Å²) in [7, 11) is 0. The van der Waals surface area contributed by atoms with Gasteiger partial charge >= 0.3 is 71.6 Å². The second-order valence-corrected chi connectivity index (χ2v) is 12.4. The van der Waals surface area contributed by atoms with Crippen LogP contribution in [0.2, 0.25) is 0 Å². The largest absolute Gasteiger partial charge is 0.460 e. The second-order valence-electron chi connectivity index (χ2n) is 12.4. The minimum atomic E-state index is -8.52. The first kappa shape index (κ1) is 43.2. The minimum absolute atomic E-state index is 0.332. The number of alkyl halides is 26. The normalized spacial score (nSPS) is 20.5. The lowest BCUT2D eigenvalue weighted by Gasteiger charge is -2.54. The Hall–Kier alpha value is -3.90. The third kappa shape index (κ3) is 4.71. The molecule has 0 fully saturated rings. The van der Waals surface area contributed by atoms with Crippen LogP contribution in [0.5, 0.6) is 0 Å². The van der Waals surface area contributed by atoms with Crippen molar-refractivity contribution in [2.24, 2.45) is 0 Å². The van der Waals surface area contributed by atoms with Crippen LogP contribution in [0.4, 0.5) is 114 Å². The highest BCUT2D eigenvalue weighted by atomic mass is 19.4. The Morgan fingerprint density at radius 3 is 0.768 bits per heavy atom. The van der Waals surface area contributed by atoms with E-state index in [1.807, 2.05) is 0 Å². The molecule has 2 aromatic rings. The number of allylic oxidation sites excluding steroid dienone is 4. The van der Waals surface area contributed by atoms with Crippen molar-refractivity contribution >= 4 is 11.1 Å². The molecule has 2 unspecified atom stereocenters. The van der Waals surface area contributed by atoms with Crippen molar-refractivity contribution in [1.82, 2.24) is 0 Å². The van der Waals surface area contributed by atoms with Gasteiger partial charge in [0.2, 0.25) is 0 Å². The molecular formula is C30H10F26. The summed E-state index contributed by atoms with van der Waals surface area (Å²) < 4.78 is 371. The third-order valence-corrected chi connectivity index (χ3v) is 9.42. The average molecular weight is 864 g/mol. The van der Waals surface area contributed by atoms with Gasteiger partial charge < -0.3 is 0 Å². The molecule has 0 heterocycles. The van der Waals surface area contributed by atoms with Crippen molar-refractivity contribution < 1.29 is 114 Å². The summed E-state index contributed by atoms with van der Waals surface area (Å²) in [4.78, 5) is 0. The summed E-state index contributed by atoms with van der Waals surface area (Å²) in [5, 5.41) is 0. The average Bonchev–Trinajstić information content (AvgIpc) is 3.02. The van der Waals surface area contributed by atoms with Crippen LogP contribution < -0.4 is 0 Å². The molecule has 5 rings (SSSR count). The van der Waals surface area contributed by atoms with Gasteiger partial charge in [0.05, 0.1) is 0 Å². The molecule has 0 amide bonds. The maximum atomic E-state index is 16.0. The lowest BCUT2D eigenvalue weighted by atomic mass is 9.51. The Labute approximate surface area is 291 Å². The molecule has 0 aliphatic heterocycles. The Balaban J connectivity index is 1.87. The van der Waals surface area contributed by atoms with E-state index < -0.39 is 128 Å². The molecular weight excluding hydrogens is 854 g/mol. The SMILES string of the molecule is FC(F)(F)C(F)(F)C(F)(F)C(F)(F)C(F)(F)C(F)(F)C1=C2C(=C(C(F)(F)C(F)(F)C(F)(F)C(F)(F)C(F)(F)C(F)(F)F)C3c4ccccc4C13)c1ccccc12. The van der Waals surface area contributed by atoms with E-state index in [0.717, 1.165) is 0 Å². The summed E-state index contributed by atoms with van der Waals surface area (Å²) >= 11 is 0. The van der Waals surface area contributed by atoms with Gasteiger partial charge in [0.1, 0.15) is 0 Å². The molecule has 2 atom stereocenters. The van der Waals surface area contributed by atoms with Crippen molar-refractivity contribution in [1.29, 1.82) is 0 Å². The summed E-state index contributed by atoms with van der Waals surface area (Å²) in [6.07, 6.45) is -15.7. The van der Waals surface area contributed by atoms with E-state index in [-0.39, 0.29) is 0 Å². The van der Waals surface area contributed by atoms with Gasteiger partial charge in [-0.05, 0) is 33.4 Å². The molecule has 56 heavy (non-hydrogen) atoms. The van der Waals surface area contributed by atoms with Gasteiger partial charge in [0.25, 0.3) is 0 Å². The number of benzene rings is 2. The molecule has 0 spiro atoms. The monoisotopic (exact) mass is 864 g/mol. The topological polar surface area (TPSA) is 0 Å². The standard InChI is InChI=1S/C30H10F26/c31-19(32,21(35,36)23(39,40)25(43,44)27(47,48)29(51,52)53)17-13-9-5-1-2-6-10(9)14(13)18(16-12-8-4-3-7-11(12)15(16)17)20(33,34)22(37,38)24(41,42)26(45,46)28(49,50)30(54,55)56/h1-8,13-14H. The van der Waals surface area contributed by atoms with Crippen LogP contribution in [0.3, 0.4) is 0 Å². The van der Waals surface area contributed by atoms with Crippen LogP contribution in [0, 0.1) is 0 Å². The molecule has 0 nitrogen and oxygen atoms in total. The highest BCUT2D eigenvalue weighted by Crippen LogP contribution is 2.74. The summed E-state index contributed by atoms with van der Waals surface area (Å²) in [6.45, 7) is 0. The second kappa shape index (κ2) is 11.4. The molecule has 2 aromatic carbocycles. The van der Waals surface area contributed by atoms with Gasteiger partial charge in [-0.2, -0.15) is 114 Å². The predicted octanol–water partition coefficient (Wildman–Crippen LogP) is 12.6. The van der Waals surface area contributed by atoms with Gasteiger partial charge in [-0.15, -0.1) is 0 Å². The molecule has 0 aromatic heterocycles. The van der Waals surface area contributed by atoms with Gasteiger partial charge in [-0.25, -0.2) is 0 Å². The van der Waals surface area contributed by atoms with E-state index in [1.54, 1.807) is 0 Å². The van der Waals surface area contributed by atoms with Gasteiger partial charge in [-0.3, -0.25) is 0 Å². The quantitative estimate of drug-likeness (QED) is 0.209. The molecule has 3 aliphatic carbocycles. The molecule has 26 heteroatoms. The lowest BCUT2D eigenvalue weighted by molar-refractivity contribution is -0.437. The Bertz CT molecular complexity index is 1860. The Morgan fingerprint density at radius 1 is 0.286 bits per heavy atom. The van der Waals surface area contributed by atoms with E-state index in [0.29, 0.717) is 48.5 Å². The molecule has 0 radical (unpaired) electrons. The highest BCUT2D eigenvalue weighted by Gasteiger charge is 2.93. The number of hydrogen-bond acceptors (Lipinski definition) is 0. The predicted molar refractivity (Wildman–Crippen MR) is 134 cm³/mol. The van der Waals surface area contributed by atoms with Crippen LogP contribution in [0.15, 0.2) is 59.7 Å². The van der Waals surface area contributed by atoms with Crippen LogP contribution in [-0.2, 0) is 0 Å². The number of rotatable bonds is 10. The Kier molecular flexibility index (Phi) is 8.79. The fourth-order valence-corrected chi connectivity index (χ4v) is 6.56. The first-order chi connectivity index (χ1) is 24.7. The van der Waals surface area contributed by atoms with Crippen molar-refractivity contribution in [3.05, 3.63) is 81.9 Å². The first-order valence-corrected chi connectivity index (χ1v) is 14.3. The fourth-order valence-electron chi connectivity index (χ4n) is 6.56. The zero-order valence-corrected chi connectivity index (χ0v) is 25.6. The van der Waals surface area contributed by atoms with Crippen molar-refractivity contribution in [2.75, 3.05) is 0 Å². The van der Waals surface area contributed by atoms with E-state index >= 15 is 35.1 Å². The zero-order valence-electron chi connectivity index (χ0n) is 25.6. The molecule has 0 bridgehead atoms. The van der Waals surface area contributed by atoms with Crippen LogP contribution >= 0.6 is 0 Å². The van der Waals surface area contributed by atoms with Crippen LogP contribution in [0.1, 0.15) is 34.1 Å². The lowest BCUT2D eigenvalue weighted by Crippen LogP contribution is -2.71. The number of fused-ring (bicyclic) bond motifs is 8. The van der Waals surface area contributed by atoms with Crippen molar-refractivity contribution in [3.63, 3.8) is 0 Å². The molecule has 0 saturated carbocycles. The highest BCUT2D eigenvalue weighted by molar-refractivity contribution is 6.21. The maximum absolute atomic E-state index is 16.0. The van der Waals surface area contributed by atoms with Gasteiger partial charge in [0, 0.05) is 23.0 Å². The van der Waals surface area contributed by atoms with Gasteiger partial charge in [-0.1, -0.05) is 48.5 Å².